The highest BCUT2D eigenvalue weighted by Gasteiger charge is 2.31. The minimum absolute atomic E-state index is 0.144. The highest BCUT2D eigenvalue weighted by atomic mass is 19.4. The lowest BCUT2D eigenvalue weighted by Gasteiger charge is -2.20. The largest absolute Gasteiger partial charge is 0.573 e. The van der Waals surface area contributed by atoms with Crippen molar-refractivity contribution in [2.24, 2.45) is 0 Å². The lowest BCUT2D eigenvalue weighted by atomic mass is 10.1. The molecule has 0 unspecified atom stereocenters. The normalized spacial score (nSPS) is 14.1. The molecule has 5 nitrogen and oxygen atoms in total. The number of hydrazine groups is 1. The summed E-state index contributed by atoms with van der Waals surface area (Å²) < 4.78 is 41.9. The van der Waals surface area contributed by atoms with Crippen LogP contribution in [0, 0.1) is 0 Å². The van der Waals surface area contributed by atoms with E-state index in [4.69, 9.17) is 0 Å². The topological polar surface area (TPSA) is 55.3 Å². The summed E-state index contributed by atoms with van der Waals surface area (Å²) in [6, 6.07) is 9.04. The molecule has 1 aliphatic heterocycles. The summed E-state index contributed by atoms with van der Waals surface area (Å²) in [5.41, 5.74) is 6.63. The van der Waals surface area contributed by atoms with Gasteiger partial charge in [0.05, 0.1) is 5.69 Å². The molecule has 3 rings (SSSR count). The van der Waals surface area contributed by atoms with Crippen LogP contribution < -0.4 is 15.6 Å². The molecule has 0 saturated heterocycles. The van der Waals surface area contributed by atoms with Gasteiger partial charge in [0.25, 0.3) is 5.91 Å². The van der Waals surface area contributed by atoms with Gasteiger partial charge in [0.1, 0.15) is 18.1 Å². The van der Waals surface area contributed by atoms with Gasteiger partial charge in [0.15, 0.2) is 0 Å². The number of carbonyl (C=O) groups is 1. The fourth-order valence-corrected chi connectivity index (χ4v) is 2.14. The molecule has 0 saturated carbocycles. The van der Waals surface area contributed by atoms with E-state index in [-0.39, 0.29) is 18.2 Å². The number of hydrogen-bond acceptors (Lipinski definition) is 3. The van der Waals surface area contributed by atoms with E-state index < -0.39 is 6.36 Å². The number of fused-ring (bicyclic) bond motifs is 1. The highest BCUT2D eigenvalue weighted by molar-refractivity contribution is 5.81. The third kappa shape index (κ3) is 2.78. The maximum absolute atomic E-state index is 12.1. The standard InChI is InChI=1S/C13H10F3N3O2/c14-13(15,16)21-9-3-1-8(2-4-9)10-5-6-11-17-18-12(20)7-19(10)11/h1-6,17H,7H2,(H,18,20). The van der Waals surface area contributed by atoms with Gasteiger partial charge < -0.3 is 9.30 Å². The first-order valence-electron chi connectivity index (χ1n) is 6.03. The number of hydrogen-bond donors (Lipinski definition) is 2. The number of aromatic nitrogens is 1. The van der Waals surface area contributed by atoms with Crippen LogP contribution in [0.2, 0.25) is 0 Å². The van der Waals surface area contributed by atoms with Gasteiger partial charge in [-0.3, -0.25) is 15.6 Å². The van der Waals surface area contributed by atoms with Crippen molar-refractivity contribution in [3.05, 3.63) is 36.4 Å². The minimum atomic E-state index is -4.71. The molecule has 0 spiro atoms. The lowest BCUT2D eigenvalue weighted by Crippen LogP contribution is -2.38. The van der Waals surface area contributed by atoms with Crippen molar-refractivity contribution in [1.82, 2.24) is 9.99 Å². The van der Waals surface area contributed by atoms with Crippen molar-refractivity contribution in [1.29, 1.82) is 0 Å². The Balaban J connectivity index is 1.88. The molecular formula is C13H10F3N3O2. The van der Waals surface area contributed by atoms with Gasteiger partial charge in [-0.25, -0.2) is 0 Å². The van der Waals surface area contributed by atoms with Crippen LogP contribution in [-0.2, 0) is 11.3 Å². The maximum atomic E-state index is 12.1. The Morgan fingerprint density at radius 2 is 1.76 bits per heavy atom. The van der Waals surface area contributed by atoms with Crippen LogP contribution in [-0.4, -0.2) is 16.8 Å². The molecule has 0 atom stereocenters. The fraction of sp³-hybridized carbons (Fsp3) is 0.154. The number of nitrogens with zero attached hydrogens (tertiary/aromatic N) is 1. The van der Waals surface area contributed by atoms with E-state index in [9.17, 15) is 18.0 Å². The third-order valence-corrected chi connectivity index (χ3v) is 3.00. The second kappa shape index (κ2) is 4.72. The average Bonchev–Trinajstić information content (AvgIpc) is 2.81. The Morgan fingerprint density at radius 1 is 1.05 bits per heavy atom. The Labute approximate surface area is 117 Å². The van der Waals surface area contributed by atoms with E-state index in [0.29, 0.717) is 11.4 Å². The van der Waals surface area contributed by atoms with Crippen LogP contribution in [0.4, 0.5) is 19.0 Å². The van der Waals surface area contributed by atoms with Gasteiger partial charge in [-0.05, 0) is 42.0 Å². The first-order chi connectivity index (χ1) is 9.92. The van der Waals surface area contributed by atoms with Gasteiger partial charge in [0, 0.05) is 0 Å². The molecule has 2 aromatic rings. The quantitative estimate of drug-likeness (QED) is 0.895. The number of alkyl halides is 3. The number of benzene rings is 1. The maximum Gasteiger partial charge on any atom is 0.573 e. The number of nitrogens with one attached hydrogen (secondary N) is 2. The predicted molar refractivity (Wildman–Crippen MR) is 68.3 cm³/mol. The van der Waals surface area contributed by atoms with Gasteiger partial charge in [-0.15, -0.1) is 13.2 Å². The number of ether oxygens (including phenoxy) is 1. The smallest absolute Gasteiger partial charge is 0.406 e. The van der Waals surface area contributed by atoms with Crippen LogP contribution in [0.1, 0.15) is 0 Å². The zero-order valence-corrected chi connectivity index (χ0v) is 10.6. The van der Waals surface area contributed by atoms with E-state index in [2.05, 4.69) is 15.6 Å². The van der Waals surface area contributed by atoms with Crippen molar-refractivity contribution < 1.29 is 22.7 Å². The molecule has 0 fully saturated rings. The summed E-state index contributed by atoms with van der Waals surface area (Å²) in [6.07, 6.45) is -4.71. The van der Waals surface area contributed by atoms with Crippen molar-refractivity contribution in [3.63, 3.8) is 0 Å². The molecule has 1 aliphatic rings. The summed E-state index contributed by atoms with van der Waals surface area (Å²) in [6.45, 7) is 0.144. The fourth-order valence-electron chi connectivity index (χ4n) is 2.14. The van der Waals surface area contributed by atoms with Crippen LogP contribution in [0.15, 0.2) is 36.4 Å². The summed E-state index contributed by atoms with van der Waals surface area (Å²) in [5.74, 6) is 0.227. The molecular weight excluding hydrogens is 287 g/mol. The minimum Gasteiger partial charge on any atom is -0.406 e. The molecule has 1 aromatic carbocycles. The zero-order chi connectivity index (χ0) is 15.0. The third-order valence-electron chi connectivity index (χ3n) is 3.00. The summed E-state index contributed by atoms with van der Waals surface area (Å²) in [5, 5.41) is 0. The molecule has 1 aromatic heterocycles. The summed E-state index contributed by atoms with van der Waals surface area (Å²) in [7, 11) is 0. The summed E-state index contributed by atoms with van der Waals surface area (Å²) in [4.78, 5) is 11.4. The Kier molecular flexibility index (Phi) is 3.00. The molecule has 2 N–H and O–H groups in total. The lowest BCUT2D eigenvalue weighted by molar-refractivity contribution is -0.274. The molecule has 0 aliphatic carbocycles. The van der Waals surface area contributed by atoms with Crippen LogP contribution >= 0.6 is 0 Å². The second-order valence-corrected chi connectivity index (χ2v) is 4.44. The average molecular weight is 297 g/mol. The number of amides is 1. The van der Waals surface area contributed by atoms with Crippen LogP contribution in [0.3, 0.4) is 0 Å². The van der Waals surface area contributed by atoms with Crippen molar-refractivity contribution >= 4 is 11.7 Å². The van der Waals surface area contributed by atoms with E-state index >= 15 is 0 Å². The van der Waals surface area contributed by atoms with E-state index in [1.54, 1.807) is 16.7 Å². The van der Waals surface area contributed by atoms with E-state index in [0.717, 1.165) is 5.69 Å². The zero-order valence-electron chi connectivity index (χ0n) is 10.6. The number of rotatable bonds is 2. The number of halogens is 3. The van der Waals surface area contributed by atoms with Gasteiger partial charge in [0.2, 0.25) is 0 Å². The summed E-state index contributed by atoms with van der Waals surface area (Å²) >= 11 is 0. The van der Waals surface area contributed by atoms with Crippen molar-refractivity contribution in [2.75, 3.05) is 5.43 Å². The SMILES string of the molecule is O=C1Cn2c(ccc2-c2ccc(OC(F)(F)F)cc2)NN1. The van der Waals surface area contributed by atoms with Gasteiger partial charge in [-0.1, -0.05) is 0 Å². The molecule has 2 heterocycles. The molecule has 0 radical (unpaired) electrons. The second-order valence-electron chi connectivity index (χ2n) is 4.44. The Bertz CT molecular complexity index is 677. The molecule has 1 amide bonds. The first kappa shape index (κ1) is 13.3. The van der Waals surface area contributed by atoms with Gasteiger partial charge >= 0.3 is 6.36 Å². The molecule has 0 bridgehead atoms. The monoisotopic (exact) mass is 297 g/mol. The van der Waals surface area contributed by atoms with Crippen LogP contribution in [0.5, 0.6) is 5.75 Å². The predicted octanol–water partition coefficient (Wildman–Crippen LogP) is 2.51. The number of anilines is 1. The number of carbonyl (C=O) groups excluding carboxylic acids is 1. The van der Waals surface area contributed by atoms with E-state index in [1.807, 2.05) is 0 Å². The van der Waals surface area contributed by atoms with E-state index in [1.165, 1.54) is 24.3 Å². The Morgan fingerprint density at radius 3 is 2.43 bits per heavy atom. The molecule has 110 valence electrons. The van der Waals surface area contributed by atoms with Gasteiger partial charge in [-0.2, -0.15) is 0 Å². The van der Waals surface area contributed by atoms with Crippen molar-refractivity contribution in [2.45, 2.75) is 12.9 Å². The van der Waals surface area contributed by atoms with Crippen molar-refractivity contribution in [3.8, 4) is 17.0 Å². The Hall–Kier alpha value is -2.64. The molecule has 8 heteroatoms. The highest BCUT2D eigenvalue weighted by Crippen LogP contribution is 2.29. The molecule has 21 heavy (non-hydrogen) atoms. The van der Waals surface area contributed by atoms with Crippen LogP contribution in [0.25, 0.3) is 11.3 Å². The first-order valence-corrected chi connectivity index (χ1v) is 6.03.